The SMILES string of the molecule is CCC[C@@]12CCC(=O)C[C@@H]1CCCc1cc(C(=O)Cc3cccnc3C)ccc12. The van der Waals surface area contributed by atoms with Gasteiger partial charge >= 0.3 is 0 Å². The molecule has 0 radical (unpaired) electrons. The summed E-state index contributed by atoms with van der Waals surface area (Å²) in [5.41, 5.74) is 5.61. The van der Waals surface area contributed by atoms with Gasteiger partial charge in [0.2, 0.25) is 0 Å². The summed E-state index contributed by atoms with van der Waals surface area (Å²) in [6, 6.07) is 10.3. The molecule has 3 heteroatoms. The van der Waals surface area contributed by atoms with Crippen molar-refractivity contribution in [2.75, 3.05) is 0 Å². The van der Waals surface area contributed by atoms with Crippen molar-refractivity contribution in [3.63, 3.8) is 0 Å². The lowest BCUT2D eigenvalue weighted by Crippen LogP contribution is -2.40. The standard InChI is InChI=1S/C26H31NO2/c1-3-12-26-13-11-23(28)17-22(26)8-4-6-20-15-21(9-10-24(20)26)25(29)16-19-7-5-14-27-18(19)2/h5,7,9-10,14-15,22H,3-4,6,8,11-13,16-17H2,1-2H3/t22-,26+/m0/s1. The summed E-state index contributed by atoms with van der Waals surface area (Å²) in [4.78, 5) is 29.5. The van der Waals surface area contributed by atoms with E-state index in [9.17, 15) is 9.59 Å². The third-order valence-electron chi connectivity index (χ3n) is 7.23. The van der Waals surface area contributed by atoms with Gasteiger partial charge in [0, 0.05) is 36.7 Å². The number of carbonyl (C=O) groups is 2. The molecule has 0 aliphatic heterocycles. The third kappa shape index (κ3) is 3.80. The van der Waals surface area contributed by atoms with Gasteiger partial charge in [-0.25, -0.2) is 0 Å². The van der Waals surface area contributed by atoms with Gasteiger partial charge in [-0.2, -0.15) is 0 Å². The van der Waals surface area contributed by atoms with Crippen molar-refractivity contribution in [2.24, 2.45) is 5.92 Å². The Morgan fingerprint density at radius 2 is 2.10 bits per heavy atom. The summed E-state index contributed by atoms with van der Waals surface area (Å²) in [5.74, 6) is 1.06. The van der Waals surface area contributed by atoms with Gasteiger partial charge in [-0.05, 0) is 79.2 Å². The maximum absolute atomic E-state index is 13.0. The van der Waals surface area contributed by atoms with Crippen molar-refractivity contribution in [3.05, 3.63) is 64.5 Å². The van der Waals surface area contributed by atoms with E-state index in [1.165, 1.54) is 11.1 Å². The molecule has 1 aromatic heterocycles. The summed E-state index contributed by atoms with van der Waals surface area (Å²) < 4.78 is 0. The lowest BCUT2D eigenvalue weighted by molar-refractivity contribution is -0.123. The molecule has 0 spiro atoms. The topological polar surface area (TPSA) is 47.0 Å². The van der Waals surface area contributed by atoms with Gasteiger partial charge in [0.25, 0.3) is 0 Å². The molecule has 2 aromatic rings. The molecule has 2 aliphatic carbocycles. The number of fused-ring (bicyclic) bond motifs is 3. The van der Waals surface area contributed by atoms with Crippen molar-refractivity contribution in [2.45, 2.75) is 77.0 Å². The number of pyridine rings is 1. The van der Waals surface area contributed by atoms with Gasteiger partial charge < -0.3 is 0 Å². The van der Waals surface area contributed by atoms with E-state index in [2.05, 4.69) is 24.0 Å². The van der Waals surface area contributed by atoms with Gasteiger partial charge in [-0.3, -0.25) is 14.6 Å². The zero-order valence-electron chi connectivity index (χ0n) is 17.7. The van der Waals surface area contributed by atoms with Crippen molar-refractivity contribution in [3.8, 4) is 0 Å². The quantitative estimate of drug-likeness (QED) is 0.629. The van der Waals surface area contributed by atoms with Gasteiger partial charge in [-0.1, -0.05) is 31.5 Å². The van der Waals surface area contributed by atoms with Gasteiger partial charge in [0.15, 0.2) is 5.78 Å². The Morgan fingerprint density at radius 1 is 1.24 bits per heavy atom. The second kappa shape index (κ2) is 8.22. The largest absolute Gasteiger partial charge is 0.300 e. The van der Waals surface area contributed by atoms with Gasteiger partial charge in [-0.15, -0.1) is 0 Å². The molecule has 29 heavy (non-hydrogen) atoms. The smallest absolute Gasteiger partial charge is 0.167 e. The summed E-state index contributed by atoms with van der Waals surface area (Å²) >= 11 is 0. The molecule has 152 valence electrons. The maximum atomic E-state index is 13.0. The van der Waals surface area contributed by atoms with E-state index in [1.807, 2.05) is 25.1 Å². The Morgan fingerprint density at radius 3 is 2.90 bits per heavy atom. The lowest BCUT2D eigenvalue weighted by Gasteiger charge is -2.44. The number of hydrogen-bond acceptors (Lipinski definition) is 3. The number of benzene rings is 1. The molecule has 3 nitrogen and oxygen atoms in total. The summed E-state index contributed by atoms with van der Waals surface area (Å²) in [6.07, 6.45) is 10.1. The average molecular weight is 390 g/mol. The number of aryl methyl sites for hydroxylation is 2. The minimum absolute atomic E-state index is 0.121. The number of carbonyl (C=O) groups excluding carboxylic acids is 2. The first kappa shape index (κ1) is 20.0. The van der Waals surface area contributed by atoms with E-state index >= 15 is 0 Å². The van der Waals surface area contributed by atoms with Crippen LogP contribution in [-0.4, -0.2) is 16.6 Å². The summed E-state index contributed by atoms with van der Waals surface area (Å²) in [5, 5.41) is 0. The first-order chi connectivity index (χ1) is 14.0. The molecule has 0 N–H and O–H groups in total. The minimum Gasteiger partial charge on any atom is -0.300 e. The van der Waals surface area contributed by atoms with Crippen molar-refractivity contribution >= 4 is 11.6 Å². The van der Waals surface area contributed by atoms with Crippen LogP contribution in [0.4, 0.5) is 0 Å². The molecule has 1 aromatic carbocycles. The van der Waals surface area contributed by atoms with Crippen LogP contribution in [0, 0.1) is 12.8 Å². The van der Waals surface area contributed by atoms with Crippen molar-refractivity contribution in [1.29, 1.82) is 0 Å². The summed E-state index contributed by atoms with van der Waals surface area (Å²) in [7, 11) is 0. The molecule has 0 amide bonds. The molecule has 2 atom stereocenters. The monoisotopic (exact) mass is 389 g/mol. The molecule has 0 saturated heterocycles. The van der Waals surface area contributed by atoms with Crippen LogP contribution in [0.3, 0.4) is 0 Å². The van der Waals surface area contributed by atoms with Gasteiger partial charge in [0.05, 0.1) is 0 Å². The predicted molar refractivity (Wildman–Crippen MR) is 115 cm³/mol. The molecule has 2 aliphatic rings. The van der Waals surface area contributed by atoms with Crippen molar-refractivity contribution in [1.82, 2.24) is 4.98 Å². The molecule has 4 rings (SSSR count). The normalized spacial score (nSPS) is 23.8. The molecule has 0 unspecified atom stereocenters. The summed E-state index contributed by atoms with van der Waals surface area (Å²) in [6.45, 7) is 4.21. The fourth-order valence-corrected chi connectivity index (χ4v) is 5.76. The number of nitrogens with zero attached hydrogens (tertiary/aromatic N) is 1. The number of rotatable bonds is 5. The van der Waals surface area contributed by atoms with Crippen LogP contribution in [0.25, 0.3) is 0 Å². The first-order valence-electron chi connectivity index (χ1n) is 11.1. The van der Waals surface area contributed by atoms with E-state index in [0.717, 1.165) is 61.8 Å². The van der Waals surface area contributed by atoms with E-state index in [0.29, 0.717) is 24.5 Å². The molecular formula is C26H31NO2. The van der Waals surface area contributed by atoms with Crippen LogP contribution in [0.5, 0.6) is 0 Å². The van der Waals surface area contributed by atoms with Gasteiger partial charge in [0.1, 0.15) is 5.78 Å². The molecule has 1 heterocycles. The lowest BCUT2D eigenvalue weighted by atomic mass is 9.59. The Bertz CT molecular complexity index is 932. The maximum Gasteiger partial charge on any atom is 0.167 e. The Hall–Kier alpha value is -2.29. The van der Waals surface area contributed by atoms with Crippen LogP contribution in [0.2, 0.25) is 0 Å². The average Bonchev–Trinajstić information content (AvgIpc) is 2.86. The zero-order valence-corrected chi connectivity index (χ0v) is 17.7. The number of ketones is 2. The Balaban J connectivity index is 1.67. The van der Waals surface area contributed by atoms with Crippen LogP contribution in [-0.2, 0) is 23.1 Å². The van der Waals surface area contributed by atoms with E-state index in [4.69, 9.17) is 0 Å². The zero-order chi connectivity index (χ0) is 20.4. The second-order valence-corrected chi connectivity index (χ2v) is 8.96. The van der Waals surface area contributed by atoms with E-state index < -0.39 is 0 Å². The highest BCUT2D eigenvalue weighted by Gasteiger charge is 2.45. The Kier molecular flexibility index (Phi) is 5.67. The molecule has 1 fully saturated rings. The fourth-order valence-electron chi connectivity index (χ4n) is 5.76. The number of aromatic nitrogens is 1. The highest BCUT2D eigenvalue weighted by Crippen LogP contribution is 2.51. The highest BCUT2D eigenvalue weighted by molar-refractivity contribution is 5.98. The Labute approximate surface area is 173 Å². The highest BCUT2D eigenvalue weighted by atomic mass is 16.1. The molecule has 1 saturated carbocycles. The number of Topliss-reactive ketones (excluding diaryl/α,β-unsaturated/α-hetero) is 2. The predicted octanol–water partition coefficient (Wildman–Crippen LogP) is 5.56. The minimum atomic E-state index is 0.121. The fraction of sp³-hybridized carbons (Fsp3) is 0.500. The van der Waals surface area contributed by atoms with E-state index in [-0.39, 0.29) is 11.2 Å². The van der Waals surface area contributed by atoms with Crippen LogP contribution in [0.15, 0.2) is 36.5 Å². The van der Waals surface area contributed by atoms with Crippen molar-refractivity contribution < 1.29 is 9.59 Å². The third-order valence-corrected chi connectivity index (χ3v) is 7.23. The molecular weight excluding hydrogens is 358 g/mol. The van der Waals surface area contributed by atoms with Crippen LogP contribution in [0.1, 0.15) is 84.6 Å². The second-order valence-electron chi connectivity index (χ2n) is 8.96. The van der Waals surface area contributed by atoms with E-state index in [1.54, 1.807) is 6.20 Å². The van der Waals surface area contributed by atoms with Crippen LogP contribution >= 0.6 is 0 Å². The number of hydrogen-bond donors (Lipinski definition) is 0. The molecule has 0 bridgehead atoms. The first-order valence-corrected chi connectivity index (χ1v) is 11.1. The van der Waals surface area contributed by atoms with Crippen LogP contribution < -0.4 is 0 Å².